The molecule has 254 valence electrons. The Balaban J connectivity index is 0.000000246. The van der Waals surface area contributed by atoms with E-state index in [0.29, 0.717) is 18.0 Å². The minimum atomic E-state index is -0.00801. The number of hydrogen-bond acceptors (Lipinski definition) is 5. The Bertz CT molecular complexity index is 1690. The molecule has 4 aromatic rings. The molecule has 7 rings (SSSR count). The van der Waals surface area contributed by atoms with E-state index in [0.717, 1.165) is 62.4 Å². The second-order valence-electron chi connectivity index (χ2n) is 13.8. The molecule has 48 heavy (non-hydrogen) atoms. The molecule has 0 bridgehead atoms. The molecule has 1 aliphatic carbocycles. The van der Waals surface area contributed by atoms with Gasteiger partial charge in [-0.2, -0.15) is 0 Å². The van der Waals surface area contributed by atoms with E-state index in [-0.39, 0.29) is 19.1 Å². The number of urea groups is 1. The van der Waals surface area contributed by atoms with Gasteiger partial charge in [-0.05, 0) is 75.0 Å². The van der Waals surface area contributed by atoms with Gasteiger partial charge in [0.25, 0.3) is 5.56 Å². The maximum absolute atomic E-state index is 13.8. The van der Waals surface area contributed by atoms with Crippen LogP contribution < -0.4 is 10.9 Å². The first kappa shape index (κ1) is 33.6. The van der Waals surface area contributed by atoms with E-state index in [4.69, 9.17) is 0 Å². The van der Waals surface area contributed by atoms with E-state index < -0.39 is 0 Å². The molecule has 0 unspecified atom stereocenters. The molecule has 3 fully saturated rings. The summed E-state index contributed by atoms with van der Waals surface area (Å²) in [6.45, 7) is 8.16. The molecule has 8 heteroatoms. The van der Waals surface area contributed by atoms with Crippen LogP contribution in [0.2, 0.25) is 0 Å². The van der Waals surface area contributed by atoms with Crippen LogP contribution in [-0.4, -0.2) is 56.0 Å². The van der Waals surface area contributed by atoms with Crippen molar-refractivity contribution in [1.29, 1.82) is 0 Å². The zero-order chi connectivity index (χ0) is 33.3. The second-order valence-corrected chi connectivity index (χ2v) is 13.8. The number of amides is 2. The average molecular weight is 649 g/mol. The van der Waals surface area contributed by atoms with Crippen LogP contribution in [0.15, 0.2) is 96.2 Å². The topological polar surface area (TPSA) is 83.4 Å². The van der Waals surface area contributed by atoms with Crippen LogP contribution in [0, 0.1) is 12.3 Å². The SMILES string of the molecule is CCn1cnc(-c2ccccc2)cc1=O.Cc1cccnc1CN[C@@H]1CCN(C(=O)N2CCCC3(CCCC3)C2)[C@H](c2ccccc2)C1.[HH]. The smallest absolute Gasteiger partial charge is 0.320 e. The van der Waals surface area contributed by atoms with Gasteiger partial charge in [-0.15, -0.1) is 0 Å². The molecule has 2 saturated heterocycles. The summed E-state index contributed by atoms with van der Waals surface area (Å²) in [5.41, 5.74) is 5.68. The molecule has 2 aromatic carbocycles. The van der Waals surface area contributed by atoms with Crippen molar-refractivity contribution >= 4 is 6.03 Å². The molecule has 3 aliphatic rings. The van der Waals surface area contributed by atoms with Gasteiger partial charge in [0.05, 0.1) is 23.8 Å². The van der Waals surface area contributed by atoms with Gasteiger partial charge in [-0.25, -0.2) is 9.78 Å². The number of likely N-dealkylation sites (tertiary alicyclic amines) is 2. The highest BCUT2D eigenvalue weighted by Gasteiger charge is 2.42. The van der Waals surface area contributed by atoms with Crippen LogP contribution >= 0.6 is 0 Å². The molecule has 1 N–H and O–H groups in total. The molecule has 2 atom stereocenters. The van der Waals surface area contributed by atoms with Crippen molar-refractivity contribution in [1.82, 2.24) is 29.7 Å². The molecule has 1 saturated carbocycles. The lowest BCUT2D eigenvalue weighted by Gasteiger charge is -2.46. The lowest BCUT2D eigenvalue weighted by Crippen LogP contribution is -2.54. The lowest BCUT2D eigenvalue weighted by atomic mass is 9.78. The van der Waals surface area contributed by atoms with Gasteiger partial charge in [0.2, 0.25) is 0 Å². The number of nitrogens with zero attached hydrogens (tertiary/aromatic N) is 5. The quantitative estimate of drug-likeness (QED) is 0.232. The monoisotopic (exact) mass is 648 g/mol. The average Bonchev–Trinajstić information content (AvgIpc) is 3.58. The second kappa shape index (κ2) is 15.7. The molecule has 1 spiro atoms. The third-order valence-corrected chi connectivity index (χ3v) is 10.6. The third kappa shape index (κ3) is 8.04. The maximum Gasteiger partial charge on any atom is 0.320 e. The largest absolute Gasteiger partial charge is 0.324 e. The number of rotatable bonds is 6. The number of hydrogen-bond donors (Lipinski definition) is 1. The van der Waals surface area contributed by atoms with Crippen LogP contribution in [0.5, 0.6) is 0 Å². The molecule has 2 aliphatic heterocycles. The van der Waals surface area contributed by atoms with Crippen molar-refractivity contribution in [2.45, 2.75) is 90.4 Å². The van der Waals surface area contributed by atoms with Gasteiger partial charge in [0.15, 0.2) is 0 Å². The van der Waals surface area contributed by atoms with Crippen LogP contribution in [0.3, 0.4) is 0 Å². The summed E-state index contributed by atoms with van der Waals surface area (Å²) in [5, 5.41) is 3.74. The van der Waals surface area contributed by atoms with Crippen molar-refractivity contribution in [3.8, 4) is 11.3 Å². The van der Waals surface area contributed by atoms with Crippen molar-refractivity contribution in [3.63, 3.8) is 0 Å². The number of carbonyl (C=O) groups excluding carboxylic acids is 1. The first-order valence-corrected chi connectivity index (χ1v) is 17.8. The Hall–Kier alpha value is -4.30. The zero-order valence-corrected chi connectivity index (χ0v) is 28.6. The minimum Gasteiger partial charge on any atom is -0.324 e. The van der Waals surface area contributed by atoms with Gasteiger partial charge in [-0.3, -0.25) is 14.3 Å². The first-order chi connectivity index (χ1) is 23.4. The number of nitrogens with one attached hydrogen (secondary N) is 1. The molecule has 2 aromatic heterocycles. The number of pyridine rings is 1. The standard InChI is InChI=1S/C28H38N4O.C12H12N2O.H2/c1-22-9-7-16-29-25(22)20-30-24-12-18-32(26(19-24)23-10-3-2-4-11-23)27(33)31-17-8-15-28(21-31)13-5-6-14-28;1-2-14-9-13-11(8-12(14)15)10-6-4-3-5-7-10;/h2-4,7,9-11,16,24,26,30H,5-6,8,12-15,17-21H2,1H3;3-9H,2H2,1H3;1H/t24-,26+;;/m1../s1. The zero-order valence-electron chi connectivity index (χ0n) is 28.6. The van der Waals surface area contributed by atoms with Gasteiger partial charge < -0.3 is 15.1 Å². The summed E-state index contributed by atoms with van der Waals surface area (Å²) in [5.74, 6) is 0. The predicted molar refractivity (Wildman–Crippen MR) is 194 cm³/mol. The molecular formula is C40H52N6O2. The highest BCUT2D eigenvalue weighted by molar-refractivity contribution is 5.75. The number of benzene rings is 2. The van der Waals surface area contributed by atoms with Crippen molar-refractivity contribution in [2.24, 2.45) is 5.41 Å². The van der Waals surface area contributed by atoms with E-state index in [1.165, 1.54) is 43.2 Å². The van der Waals surface area contributed by atoms with Crippen molar-refractivity contribution in [3.05, 3.63) is 119 Å². The number of aryl methyl sites for hydroxylation is 2. The van der Waals surface area contributed by atoms with E-state index in [9.17, 15) is 9.59 Å². The molecule has 4 heterocycles. The summed E-state index contributed by atoms with van der Waals surface area (Å²) in [4.78, 5) is 38.5. The number of piperidine rings is 2. The number of carbonyl (C=O) groups is 1. The normalized spacial score (nSPS) is 20.3. The Kier molecular flexibility index (Phi) is 11.0. The summed E-state index contributed by atoms with van der Waals surface area (Å²) in [6.07, 6.45) is 13.1. The summed E-state index contributed by atoms with van der Waals surface area (Å²) < 4.78 is 1.58. The van der Waals surface area contributed by atoms with Crippen molar-refractivity contribution < 1.29 is 6.22 Å². The van der Waals surface area contributed by atoms with Crippen molar-refractivity contribution in [2.75, 3.05) is 19.6 Å². The minimum absolute atomic E-state index is 0. The Morgan fingerprint density at radius 2 is 1.67 bits per heavy atom. The predicted octanol–water partition coefficient (Wildman–Crippen LogP) is 7.64. The van der Waals surface area contributed by atoms with Gasteiger partial charge in [0.1, 0.15) is 0 Å². The maximum atomic E-state index is 13.8. The molecular weight excluding hydrogens is 596 g/mol. The fraction of sp³-hybridized carbons (Fsp3) is 0.450. The van der Waals surface area contributed by atoms with E-state index in [1.54, 1.807) is 17.0 Å². The van der Waals surface area contributed by atoms with Crippen LogP contribution in [0.4, 0.5) is 4.79 Å². The van der Waals surface area contributed by atoms with Gasteiger partial charge >= 0.3 is 6.03 Å². The Morgan fingerprint density at radius 3 is 2.38 bits per heavy atom. The fourth-order valence-electron chi connectivity index (χ4n) is 7.83. The van der Waals surface area contributed by atoms with Gasteiger partial charge in [0, 0.05) is 58.0 Å². The third-order valence-electron chi connectivity index (χ3n) is 10.6. The van der Waals surface area contributed by atoms with Crippen LogP contribution in [0.25, 0.3) is 11.3 Å². The van der Waals surface area contributed by atoms with E-state index in [2.05, 4.69) is 68.4 Å². The summed E-state index contributed by atoms with van der Waals surface area (Å²) in [7, 11) is 0. The van der Waals surface area contributed by atoms with Crippen LogP contribution in [-0.2, 0) is 13.1 Å². The van der Waals surface area contributed by atoms with E-state index >= 15 is 0 Å². The Labute approximate surface area is 286 Å². The van der Waals surface area contributed by atoms with Gasteiger partial charge in [-0.1, -0.05) is 79.6 Å². The summed E-state index contributed by atoms with van der Waals surface area (Å²) >= 11 is 0. The Morgan fingerprint density at radius 1 is 0.938 bits per heavy atom. The lowest BCUT2D eigenvalue weighted by molar-refractivity contribution is 0.0648. The highest BCUT2D eigenvalue weighted by Crippen LogP contribution is 2.45. The van der Waals surface area contributed by atoms with Crippen LogP contribution in [0.1, 0.15) is 82.6 Å². The van der Waals surface area contributed by atoms with E-state index in [1.807, 2.05) is 49.5 Å². The summed E-state index contributed by atoms with van der Waals surface area (Å²) in [6, 6.07) is 26.8. The number of aromatic nitrogens is 3. The fourth-order valence-corrected chi connectivity index (χ4v) is 7.83. The first-order valence-electron chi connectivity index (χ1n) is 17.8. The highest BCUT2D eigenvalue weighted by atomic mass is 16.2. The molecule has 0 radical (unpaired) electrons. The molecule has 2 amide bonds. The molecule has 8 nitrogen and oxygen atoms in total.